The van der Waals surface area contributed by atoms with Crippen LogP contribution in [-0.2, 0) is 4.79 Å². The number of amides is 1. The van der Waals surface area contributed by atoms with E-state index in [0.717, 1.165) is 24.2 Å². The van der Waals surface area contributed by atoms with Crippen LogP contribution in [0.15, 0.2) is 30.3 Å². The van der Waals surface area contributed by atoms with Crippen molar-refractivity contribution in [3.05, 3.63) is 35.9 Å². The van der Waals surface area contributed by atoms with Gasteiger partial charge in [0.15, 0.2) is 0 Å². The molecule has 0 saturated heterocycles. The van der Waals surface area contributed by atoms with Crippen LogP contribution >= 0.6 is 0 Å². The van der Waals surface area contributed by atoms with Crippen molar-refractivity contribution in [2.45, 2.75) is 25.9 Å². The first kappa shape index (κ1) is 14.6. The van der Waals surface area contributed by atoms with Crippen molar-refractivity contribution in [1.82, 2.24) is 5.32 Å². The minimum Gasteiger partial charge on any atom is -0.493 e. The van der Waals surface area contributed by atoms with Gasteiger partial charge >= 0.3 is 0 Å². The Morgan fingerprint density at radius 2 is 2.25 bits per heavy atom. The standard InChI is InChI=1S/C16H21NO3/c1-2-20-15-6-4-3-5-13(15)9-10-16(19)17-11-14(18)12-7-8-12/h3-6,9-10,12,14,18H,2,7-8,11H2,1H3,(H,17,19). The first-order valence-electron chi connectivity index (χ1n) is 7.06. The molecule has 1 unspecified atom stereocenters. The van der Waals surface area contributed by atoms with E-state index >= 15 is 0 Å². The third kappa shape index (κ3) is 4.38. The monoisotopic (exact) mass is 275 g/mol. The summed E-state index contributed by atoms with van der Waals surface area (Å²) in [5.41, 5.74) is 0.868. The molecule has 1 aromatic carbocycles. The van der Waals surface area contributed by atoms with Crippen LogP contribution in [0.5, 0.6) is 5.75 Å². The van der Waals surface area contributed by atoms with Gasteiger partial charge in [-0.05, 0) is 37.8 Å². The number of carbonyl (C=O) groups excluding carboxylic acids is 1. The molecule has 108 valence electrons. The number of hydrogen-bond acceptors (Lipinski definition) is 3. The predicted molar refractivity (Wildman–Crippen MR) is 78.4 cm³/mol. The van der Waals surface area contributed by atoms with Gasteiger partial charge in [0.05, 0.1) is 12.7 Å². The van der Waals surface area contributed by atoms with Crippen molar-refractivity contribution >= 4 is 12.0 Å². The lowest BCUT2D eigenvalue weighted by Crippen LogP contribution is -2.31. The summed E-state index contributed by atoms with van der Waals surface area (Å²) in [5, 5.41) is 12.4. The van der Waals surface area contributed by atoms with Gasteiger partial charge in [-0.3, -0.25) is 4.79 Å². The molecular weight excluding hydrogens is 254 g/mol. The van der Waals surface area contributed by atoms with Crippen LogP contribution in [0.1, 0.15) is 25.3 Å². The molecule has 0 radical (unpaired) electrons. The number of rotatable bonds is 7. The van der Waals surface area contributed by atoms with Crippen molar-refractivity contribution in [3.63, 3.8) is 0 Å². The van der Waals surface area contributed by atoms with Gasteiger partial charge in [0.2, 0.25) is 5.91 Å². The van der Waals surface area contributed by atoms with Crippen LogP contribution in [0.25, 0.3) is 6.08 Å². The minimum absolute atomic E-state index is 0.198. The minimum atomic E-state index is -0.414. The molecule has 0 aliphatic heterocycles. The molecule has 1 aromatic rings. The van der Waals surface area contributed by atoms with Crippen LogP contribution in [0, 0.1) is 5.92 Å². The average molecular weight is 275 g/mol. The highest BCUT2D eigenvalue weighted by Crippen LogP contribution is 2.32. The van der Waals surface area contributed by atoms with Gasteiger partial charge in [-0.2, -0.15) is 0 Å². The molecule has 1 amide bonds. The first-order valence-corrected chi connectivity index (χ1v) is 7.06. The zero-order valence-electron chi connectivity index (χ0n) is 11.7. The molecule has 2 N–H and O–H groups in total. The number of benzene rings is 1. The Hall–Kier alpha value is -1.81. The summed E-state index contributed by atoms with van der Waals surface area (Å²) >= 11 is 0. The number of aliphatic hydroxyl groups is 1. The summed E-state index contributed by atoms with van der Waals surface area (Å²) in [7, 11) is 0. The molecule has 2 rings (SSSR count). The molecule has 1 aliphatic rings. The molecule has 0 bridgehead atoms. The van der Waals surface area contributed by atoms with Gasteiger partial charge in [-0.1, -0.05) is 18.2 Å². The largest absolute Gasteiger partial charge is 0.493 e. The van der Waals surface area contributed by atoms with Crippen LogP contribution in [0.3, 0.4) is 0 Å². The van der Waals surface area contributed by atoms with E-state index in [1.165, 1.54) is 6.08 Å². The Kier molecular flexibility index (Phi) is 5.18. The fraction of sp³-hybridized carbons (Fsp3) is 0.438. The first-order chi connectivity index (χ1) is 9.70. The van der Waals surface area contributed by atoms with E-state index in [1.807, 2.05) is 31.2 Å². The van der Waals surface area contributed by atoms with Gasteiger partial charge in [0, 0.05) is 18.2 Å². The molecule has 1 atom stereocenters. The van der Waals surface area contributed by atoms with Crippen molar-refractivity contribution in [2.75, 3.05) is 13.2 Å². The van der Waals surface area contributed by atoms with E-state index in [0.29, 0.717) is 19.1 Å². The fourth-order valence-electron chi connectivity index (χ4n) is 1.98. The number of hydrogen-bond donors (Lipinski definition) is 2. The topological polar surface area (TPSA) is 58.6 Å². The molecule has 0 heterocycles. The van der Waals surface area contributed by atoms with Crippen LogP contribution in [-0.4, -0.2) is 30.3 Å². The molecule has 0 spiro atoms. The summed E-state index contributed by atoms with van der Waals surface area (Å²) < 4.78 is 5.48. The second kappa shape index (κ2) is 7.10. The number of nitrogens with one attached hydrogen (secondary N) is 1. The van der Waals surface area contributed by atoms with E-state index in [2.05, 4.69) is 5.32 Å². The SMILES string of the molecule is CCOc1ccccc1C=CC(=O)NCC(O)C1CC1. The number of aliphatic hydroxyl groups excluding tert-OH is 1. The lowest BCUT2D eigenvalue weighted by atomic mass is 10.2. The highest BCUT2D eigenvalue weighted by molar-refractivity contribution is 5.92. The number of ether oxygens (including phenoxy) is 1. The Morgan fingerprint density at radius 1 is 1.50 bits per heavy atom. The summed E-state index contributed by atoms with van der Waals surface area (Å²) in [6, 6.07) is 7.57. The number of carbonyl (C=O) groups is 1. The maximum Gasteiger partial charge on any atom is 0.244 e. The van der Waals surface area contributed by atoms with Crippen molar-refractivity contribution < 1.29 is 14.6 Å². The molecule has 4 nitrogen and oxygen atoms in total. The second-order valence-corrected chi connectivity index (χ2v) is 4.95. The Labute approximate surface area is 119 Å². The quantitative estimate of drug-likeness (QED) is 0.748. The zero-order valence-corrected chi connectivity index (χ0v) is 11.7. The van der Waals surface area contributed by atoms with Crippen molar-refractivity contribution in [3.8, 4) is 5.75 Å². The maximum absolute atomic E-state index is 11.7. The number of para-hydroxylation sites is 1. The Bertz CT molecular complexity index is 480. The second-order valence-electron chi connectivity index (χ2n) is 4.95. The predicted octanol–water partition coefficient (Wildman–Crippen LogP) is 1.99. The maximum atomic E-state index is 11.7. The molecule has 1 saturated carbocycles. The molecule has 0 aromatic heterocycles. The normalized spacial score (nSPS) is 16.1. The van der Waals surface area contributed by atoms with E-state index < -0.39 is 6.10 Å². The van der Waals surface area contributed by atoms with Crippen molar-refractivity contribution in [1.29, 1.82) is 0 Å². The summed E-state index contributed by atoms with van der Waals surface area (Å²) in [6.45, 7) is 2.83. The Balaban J connectivity index is 1.86. The zero-order chi connectivity index (χ0) is 14.4. The lowest BCUT2D eigenvalue weighted by Gasteiger charge is -2.09. The average Bonchev–Trinajstić information content (AvgIpc) is 3.29. The van der Waals surface area contributed by atoms with Gasteiger partial charge in [-0.25, -0.2) is 0 Å². The van der Waals surface area contributed by atoms with Gasteiger partial charge in [0.25, 0.3) is 0 Å². The summed E-state index contributed by atoms with van der Waals surface area (Å²) in [6.07, 6.45) is 4.91. The summed E-state index contributed by atoms with van der Waals surface area (Å²) in [4.78, 5) is 11.7. The van der Waals surface area contributed by atoms with Crippen LogP contribution < -0.4 is 10.1 Å². The molecule has 1 aliphatic carbocycles. The smallest absolute Gasteiger partial charge is 0.244 e. The lowest BCUT2D eigenvalue weighted by molar-refractivity contribution is -0.116. The third-order valence-electron chi connectivity index (χ3n) is 3.28. The summed E-state index contributed by atoms with van der Waals surface area (Å²) in [5.74, 6) is 0.936. The third-order valence-corrected chi connectivity index (χ3v) is 3.28. The van der Waals surface area contributed by atoms with E-state index in [4.69, 9.17) is 4.74 Å². The molecule has 4 heteroatoms. The van der Waals surface area contributed by atoms with Crippen molar-refractivity contribution in [2.24, 2.45) is 5.92 Å². The molecule has 1 fully saturated rings. The van der Waals surface area contributed by atoms with Gasteiger partial charge in [-0.15, -0.1) is 0 Å². The fourth-order valence-corrected chi connectivity index (χ4v) is 1.98. The van der Waals surface area contributed by atoms with E-state index in [-0.39, 0.29) is 5.91 Å². The highest BCUT2D eigenvalue weighted by Gasteiger charge is 2.29. The van der Waals surface area contributed by atoms with E-state index in [9.17, 15) is 9.90 Å². The van der Waals surface area contributed by atoms with Crippen LogP contribution in [0.4, 0.5) is 0 Å². The van der Waals surface area contributed by atoms with Gasteiger partial charge in [0.1, 0.15) is 5.75 Å². The molecular formula is C16H21NO3. The molecule has 20 heavy (non-hydrogen) atoms. The van der Waals surface area contributed by atoms with Crippen LogP contribution in [0.2, 0.25) is 0 Å². The Morgan fingerprint density at radius 3 is 2.95 bits per heavy atom. The van der Waals surface area contributed by atoms with E-state index in [1.54, 1.807) is 6.08 Å². The highest BCUT2D eigenvalue weighted by atomic mass is 16.5. The van der Waals surface area contributed by atoms with Gasteiger partial charge < -0.3 is 15.2 Å².